The number of aromatic nitrogens is 1. The Kier molecular flexibility index (Phi) is 4.51. The summed E-state index contributed by atoms with van der Waals surface area (Å²) >= 11 is 0. The standard InChI is InChI=1S/C27H24N2O/c1-3-5-16-29-24-13-9-7-11-21(24)27(30)26(29)18-19-14-15-25-22(17-19)20-10-6-8-12-23(20)28(25)4-2/h4,6-15,17-18H,2-3,5,16H2,1H3/b26-18+. The van der Waals surface area contributed by atoms with Crippen LogP contribution in [0.15, 0.2) is 79.0 Å². The monoisotopic (exact) mass is 392 g/mol. The predicted molar refractivity (Wildman–Crippen MR) is 127 cm³/mol. The average Bonchev–Trinajstić information content (AvgIpc) is 3.24. The number of rotatable bonds is 5. The first-order valence-electron chi connectivity index (χ1n) is 10.5. The molecule has 0 spiro atoms. The fraction of sp³-hybridized carbons (Fsp3) is 0.148. The Hall–Kier alpha value is -3.59. The molecule has 0 atom stereocenters. The number of allylic oxidation sites excluding steroid dienone is 1. The Balaban J connectivity index is 1.66. The summed E-state index contributed by atoms with van der Waals surface area (Å²) in [6.07, 6.45) is 6.03. The number of anilines is 1. The third-order valence-electron chi connectivity index (χ3n) is 5.92. The molecule has 0 fully saturated rings. The maximum absolute atomic E-state index is 13.2. The Morgan fingerprint density at radius 1 is 0.933 bits per heavy atom. The average molecular weight is 393 g/mol. The fourth-order valence-electron chi connectivity index (χ4n) is 4.46. The van der Waals surface area contributed by atoms with Crippen molar-refractivity contribution < 1.29 is 4.79 Å². The Morgan fingerprint density at radius 2 is 1.70 bits per heavy atom. The maximum Gasteiger partial charge on any atom is 0.211 e. The lowest BCUT2D eigenvalue weighted by Gasteiger charge is -2.20. The quantitative estimate of drug-likeness (QED) is 0.351. The second-order valence-electron chi connectivity index (χ2n) is 7.73. The van der Waals surface area contributed by atoms with Crippen LogP contribution >= 0.6 is 0 Å². The molecule has 1 aromatic heterocycles. The van der Waals surface area contributed by atoms with Gasteiger partial charge < -0.3 is 9.47 Å². The minimum absolute atomic E-state index is 0.107. The molecule has 3 nitrogen and oxygen atoms in total. The van der Waals surface area contributed by atoms with Gasteiger partial charge in [0, 0.05) is 29.1 Å². The van der Waals surface area contributed by atoms with E-state index in [0.717, 1.165) is 52.9 Å². The van der Waals surface area contributed by atoms with Crippen LogP contribution in [0, 0.1) is 0 Å². The minimum atomic E-state index is 0.107. The maximum atomic E-state index is 13.2. The molecule has 0 saturated heterocycles. The van der Waals surface area contributed by atoms with E-state index in [1.54, 1.807) is 0 Å². The van der Waals surface area contributed by atoms with E-state index < -0.39 is 0 Å². The van der Waals surface area contributed by atoms with Crippen LogP contribution in [-0.4, -0.2) is 16.9 Å². The molecule has 2 heterocycles. The van der Waals surface area contributed by atoms with Crippen molar-refractivity contribution in [3.05, 3.63) is 90.1 Å². The number of para-hydroxylation sites is 2. The number of fused-ring (bicyclic) bond motifs is 4. The van der Waals surface area contributed by atoms with Crippen LogP contribution in [0.25, 0.3) is 34.1 Å². The lowest BCUT2D eigenvalue weighted by Crippen LogP contribution is -2.21. The lowest BCUT2D eigenvalue weighted by atomic mass is 10.1. The highest BCUT2D eigenvalue weighted by atomic mass is 16.1. The lowest BCUT2D eigenvalue weighted by molar-refractivity contribution is 0.104. The number of carbonyl (C=O) groups is 1. The molecule has 3 heteroatoms. The molecule has 4 aromatic rings. The van der Waals surface area contributed by atoms with Gasteiger partial charge in [-0.05, 0) is 48.4 Å². The van der Waals surface area contributed by atoms with E-state index in [1.807, 2.05) is 42.6 Å². The zero-order valence-electron chi connectivity index (χ0n) is 17.1. The minimum Gasteiger partial charge on any atom is -0.338 e. The molecule has 0 aliphatic carbocycles. The van der Waals surface area contributed by atoms with Crippen LogP contribution in [0.5, 0.6) is 0 Å². The van der Waals surface area contributed by atoms with Crippen molar-refractivity contribution >= 4 is 45.6 Å². The highest BCUT2D eigenvalue weighted by molar-refractivity contribution is 6.21. The number of hydrogen-bond donors (Lipinski definition) is 0. The molecule has 0 bridgehead atoms. The summed E-state index contributed by atoms with van der Waals surface area (Å²) in [6.45, 7) is 7.01. The second-order valence-corrected chi connectivity index (χ2v) is 7.73. The fourth-order valence-corrected chi connectivity index (χ4v) is 4.46. The van der Waals surface area contributed by atoms with Crippen molar-refractivity contribution in [3.8, 4) is 0 Å². The van der Waals surface area contributed by atoms with Gasteiger partial charge >= 0.3 is 0 Å². The van der Waals surface area contributed by atoms with E-state index >= 15 is 0 Å². The first-order valence-corrected chi connectivity index (χ1v) is 10.5. The van der Waals surface area contributed by atoms with Crippen molar-refractivity contribution in [1.29, 1.82) is 0 Å². The summed E-state index contributed by atoms with van der Waals surface area (Å²) < 4.78 is 2.12. The Labute approximate surface area is 176 Å². The molecule has 30 heavy (non-hydrogen) atoms. The number of hydrogen-bond acceptors (Lipinski definition) is 2. The topological polar surface area (TPSA) is 25.2 Å². The smallest absolute Gasteiger partial charge is 0.211 e. The molecule has 5 rings (SSSR count). The SMILES string of the molecule is C=Cn1c2ccccc2c2cc(/C=C3\C(=O)c4ccccc4N3CCCC)ccc21. The summed E-state index contributed by atoms with van der Waals surface area (Å²) in [5.41, 5.74) is 5.87. The van der Waals surface area contributed by atoms with Crippen LogP contribution < -0.4 is 4.90 Å². The second kappa shape index (κ2) is 7.34. The van der Waals surface area contributed by atoms with Gasteiger partial charge in [0.25, 0.3) is 0 Å². The molecule has 0 saturated carbocycles. The van der Waals surface area contributed by atoms with Gasteiger partial charge in [0.2, 0.25) is 5.78 Å². The van der Waals surface area contributed by atoms with E-state index in [1.165, 1.54) is 10.8 Å². The number of nitrogens with zero attached hydrogens (tertiary/aromatic N) is 2. The van der Waals surface area contributed by atoms with Crippen LogP contribution in [0.4, 0.5) is 5.69 Å². The van der Waals surface area contributed by atoms with E-state index in [2.05, 4.69) is 59.4 Å². The molecular formula is C27H24N2O. The van der Waals surface area contributed by atoms with Crippen LogP contribution in [0.1, 0.15) is 35.7 Å². The van der Waals surface area contributed by atoms with Crippen molar-refractivity contribution in [2.45, 2.75) is 19.8 Å². The summed E-state index contributed by atoms with van der Waals surface area (Å²) in [5.74, 6) is 0.107. The molecule has 0 unspecified atom stereocenters. The van der Waals surface area contributed by atoms with Crippen molar-refractivity contribution in [2.75, 3.05) is 11.4 Å². The van der Waals surface area contributed by atoms with Gasteiger partial charge in [0.1, 0.15) is 0 Å². The number of benzene rings is 3. The highest BCUT2D eigenvalue weighted by Gasteiger charge is 2.31. The van der Waals surface area contributed by atoms with E-state index in [-0.39, 0.29) is 5.78 Å². The first kappa shape index (κ1) is 18.4. The Bertz CT molecular complexity index is 1330. The summed E-state index contributed by atoms with van der Waals surface area (Å²) in [4.78, 5) is 15.4. The van der Waals surface area contributed by atoms with Crippen molar-refractivity contribution in [2.24, 2.45) is 0 Å². The summed E-state index contributed by atoms with van der Waals surface area (Å²) in [5, 5.41) is 2.36. The first-order chi connectivity index (χ1) is 14.7. The number of unbranched alkanes of at least 4 members (excludes halogenated alkanes) is 1. The van der Waals surface area contributed by atoms with Gasteiger partial charge in [-0.15, -0.1) is 0 Å². The normalized spacial score (nSPS) is 14.8. The number of Topliss-reactive ketones (excluding diaryl/α,β-unsaturated/α-hetero) is 1. The van der Waals surface area contributed by atoms with E-state index in [9.17, 15) is 4.79 Å². The zero-order valence-corrected chi connectivity index (χ0v) is 17.1. The van der Waals surface area contributed by atoms with E-state index in [0.29, 0.717) is 0 Å². The third kappa shape index (κ3) is 2.78. The predicted octanol–water partition coefficient (Wildman–Crippen LogP) is 6.74. The molecule has 0 radical (unpaired) electrons. The molecule has 3 aromatic carbocycles. The van der Waals surface area contributed by atoms with Gasteiger partial charge in [-0.2, -0.15) is 0 Å². The molecular weight excluding hydrogens is 368 g/mol. The van der Waals surface area contributed by atoms with Crippen LogP contribution in [0.3, 0.4) is 0 Å². The highest BCUT2D eigenvalue weighted by Crippen LogP contribution is 2.36. The van der Waals surface area contributed by atoms with Gasteiger partial charge in [0.05, 0.1) is 22.4 Å². The molecule has 1 aliphatic rings. The van der Waals surface area contributed by atoms with Crippen molar-refractivity contribution in [3.63, 3.8) is 0 Å². The van der Waals surface area contributed by atoms with Gasteiger partial charge in [-0.1, -0.05) is 56.3 Å². The third-order valence-corrected chi connectivity index (χ3v) is 5.92. The molecule has 1 aliphatic heterocycles. The van der Waals surface area contributed by atoms with Crippen LogP contribution in [-0.2, 0) is 0 Å². The van der Waals surface area contributed by atoms with Gasteiger partial charge in [0.15, 0.2) is 0 Å². The summed E-state index contributed by atoms with van der Waals surface area (Å²) in [7, 11) is 0. The molecule has 148 valence electrons. The number of carbonyl (C=O) groups excluding carboxylic acids is 1. The Morgan fingerprint density at radius 3 is 2.53 bits per heavy atom. The van der Waals surface area contributed by atoms with Gasteiger partial charge in [-0.25, -0.2) is 0 Å². The van der Waals surface area contributed by atoms with E-state index in [4.69, 9.17) is 0 Å². The van der Waals surface area contributed by atoms with Crippen LogP contribution in [0.2, 0.25) is 0 Å². The summed E-state index contributed by atoms with van der Waals surface area (Å²) in [6, 6.07) is 22.7. The number of ketones is 1. The molecule has 0 amide bonds. The van der Waals surface area contributed by atoms with Crippen molar-refractivity contribution in [1.82, 2.24) is 4.57 Å². The molecule has 0 N–H and O–H groups in total. The zero-order chi connectivity index (χ0) is 20.7. The largest absolute Gasteiger partial charge is 0.338 e. The van der Waals surface area contributed by atoms with Gasteiger partial charge in [-0.3, -0.25) is 4.79 Å².